The fraction of sp³-hybridized carbons (Fsp3) is 0.133. The van der Waals surface area contributed by atoms with Crippen LogP contribution in [-0.2, 0) is 17.2 Å². The highest BCUT2D eigenvalue weighted by atomic mass is 32.2. The van der Waals surface area contributed by atoms with Crippen LogP contribution in [0.15, 0.2) is 59.8 Å². The van der Waals surface area contributed by atoms with E-state index in [1.165, 1.54) is 0 Å². The van der Waals surface area contributed by atoms with Crippen molar-refractivity contribution in [2.45, 2.75) is 11.8 Å². The van der Waals surface area contributed by atoms with Gasteiger partial charge in [-0.3, -0.25) is 4.55 Å². The number of hydrogen-bond acceptors (Lipinski definition) is 2. The topological polar surface area (TPSA) is 73.4 Å². The Hall–Kier alpha value is -2.18. The van der Waals surface area contributed by atoms with E-state index in [0.29, 0.717) is 11.1 Å². The average molecular weight is 305 g/mol. The third-order valence-corrected chi connectivity index (χ3v) is 4.24. The second-order valence-electron chi connectivity index (χ2n) is 4.54. The van der Waals surface area contributed by atoms with Crippen LogP contribution in [-0.4, -0.2) is 17.5 Å². The molecule has 0 atom stereocenters. The maximum Gasteiger partial charge on any atom is 0.296 e. The fourth-order valence-electron chi connectivity index (χ4n) is 2.15. The van der Waals surface area contributed by atoms with Crippen molar-refractivity contribution in [3.05, 3.63) is 60.6 Å². The van der Waals surface area contributed by atoms with E-state index in [-0.39, 0.29) is 4.90 Å². The molecule has 0 bridgehead atoms. The van der Waals surface area contributed by atoms with Crippen molar-refractivity contribution in [1.82, 2.24) is 4.57 Å². The number of pyridine rings is 1. The van der Waals surface area contributed by atoms with E-state index >= 15 is 0 Å². The second-order valence-corrected chi connectivity index (χ2v) is 5.90. The minimum absolute atomic E-state index is 0.000556. The van der Waals surface area contributed by atoms with Crippen molar-refractivity contribution in [2.24, 2.45) is 7.05 Å². The lowest BCUT2D eigenvalue weighted by molar-refractivity contribution is -0.377. The number of fused-ring (bicyclic) bond motifs is 1. The first-order chi connectivity index (χ1) is 9.93. The molecule has 0 aliphatic heterocycles. The maximum absolute atomic E-state index is 11.2. The molecule has 110 valence electrons. The molecule has 3 rings (SSSR count). The zero-order valence-corrected chi connectivity index (χ0v) is 12.6. The molecular formula is C15H17N2O3S+. The van der Waals surface area contributed by atoms with Crippen LogP contribution < -0.4 is 4.98 Å². The number of H-pyrrole nitrogens is 1. The highest BCUT2D eigenvalue weighted by molar-refractivity contribution is 7.86. The molecule has 2 heterocycles. The highest BCUT2D eigenvalue weighted by Gasteiger charge is 2.21. The summed E-state index contributed by atoms with van der Waals surface area (Å²) in [6.07, 6.45) is 3.75. The van der Waals surface area contributed by atoms with Gasteiger partial charge in [0.2, 0.25) is 0 Å². The normalized spacial score (nSPS) is 11.0. The summed E-state index contributed by atoms with van der Waals surface area (Å²) in [5, 5.41) is 0.556. The van der Waals surface area contributed by atoms with Gasteiger partial charge in [0.15, 0.2) is 12.4 Å². The van der Waals surface area contributed by atoms with Gasteiger partial charge in [0.05, 0.1) is 0 Å². The molecule has 2 N–H and O–H groups in total. The smallest absolute Gasteiger partial charge is 0.296 e. The minimum Gasteiger partial charge on any atom is -0.347 e. The molecule has 3 aromatic rings. The monoisotopic (exact) mass is 305 g/mol. The van der Waals surface area contributed by atoms with E-state index in [2.05, 4.69) is 4.98 Å². The summed E-state index contributed by atoms with van der Waals surface area (Å²) in [5.41, 5.74) is 1.33. The first-order valence-corrected chi connectivity index (χ1v) is 7.79. The average Bonchev–Trinajstić information content (AvgIpc) is 2.73. The van der Waals surface area contributed by atoms with Gasteiger partial charge in [0, 0.05) is 35.8 Å². The molecule has 0 saturated carbocycles. The molecule has 0 unspecified atom stereocenters. The van der Waals surface area contributed by atoms with E-state index in [1.807, 2.05) is 42.7 Å². The lowest BCUT2D eigenvalue weighted by atomic mass is 10.2. The summed E-state index contributed by atoms with van der Waals surface area (Å²) in [7, 11) is -2.39. The first kappa shape index (κ1) is 15.2. The third kappa shape index (κ3) is 3.29. The molecular weight excluding hydrogens is 288 g/mol. The van der Waals surface area contributed by atoms with Crippen molar-refractivity contribution in [2.75, 3.05) is 0 Å². The lowest BCUT2D eigenvalue weighted by Crippen LogP contribution is -2.00. The van der Waals surface area contributed by atoms with Crippen molar-refractivity contribution < 1.29 is 18.0 Å². The molecule has 0 radical (unpaired) electrons. The quantitative estimate of drug-likeness (QED) is 0.701. The molecule has 5 nitrogen and oxygen atoms in total. The maximum atomic E-state index is 11.2. The van der Waals surface area contributed by atoms with Gasteiger partial charge in [-0.05, 0) is 13.0 Å². The standard InChI is InChI=1S/C10H11NO3S.C5H5N/c1-7-10(15(12,13)14)8-5-3-4-6-9(8)11(7)2;1-2-4-6-5-3-1/h3-6H,1-2H3,(H,12,13,14);1-5H/p+1. The molecule has 2 aromatic heterocycles. The van der Waals surface area contributed by atoms with Crippen LogP contribution in [0, 0.1) is 6.92 Å². The molecule has 0 aliphatic carbocycles. The number of aryl methyl sites for hydroxylation is 1. The fourth-order valence-corrected chi connectivity index (χ4v) is 3.11. The van der Waals surface area contributed by atoms with Gasteiger partial charge in [0.25, 0.3) is 10.1 Å². The van der Waals surface area contributed by atoms with Gasteiger partial charge in [-0.2, -0.15) is 8.42 Å². The molecule has 0 saturated heterocycles. The molecule has 21 heavy (non-hydrogen) atoms. The van der Waals surface area contributed by atoms with E-state index in [1.54, 1.807) is 30.7 Å². The van der Waals surface area contributed by atoms with Crippen LogP contribution in [0.25, 0.3) is 10.9 Å². The number of aromatic nitrogens is 2. The molecule has 0 spiro atoms. The molecule has 0 aliphatic rings. The molecule has 0 fully saturated rings. The van der Waals surface area contributed by atoms with Crippen molar-refractivity contribution in [3.8, 4) is 0 Å². The molecule has 0 amide bonds. The number of para-hydroxylation sites is 1. The second kappa shape index (κ2) is 6.07. The Morgan fingerprint density at radius 3 is 2.14 bits per heavy atom. The Balaban J connectivity index is 0.000000225. The Kier molecular flexibility index (Phi) is 4.40. The Labute approximate surface area is 123 Å². The summed E-state index contributed by atoms with van der Waals surface area (Å²) in [4.78, 5) is 2.89. The lowest BCUT2D eigenvalue weighted by Gasteiger charge is -1.98. The van der Waals surface area contributed by atoms with Crippen LogP contribution in [0.5, 0.6) is 0 Å². The van der Waals surface area contributed by atoms with E-state index in [0.717, 1.165) is 5.52 Å². The number of rotatable bonds is 1. The summed E-state index contributed by atoms with van der Waals surface area (Å²) in [6, 6.07) is 12.9. The van der Waals surface area contributed by atoms with Crippen LogP contribution in [0.3, 0.4) is 0 Å². The van der Waals surface area contributed by atoms with Crippen molar-refractivity contribution in [3.63, 3.8) is 0 Å². The summed E-state index contributed by atoms with van der Waals surface area (Å²) in [5.74, 6) is 0. The Morgan fingerprint density at radius 2 is 1.67 bits per heavy atom. The summed E-state index contributed by atoms with van der Waals surface area (Å²) in [6.45, 7) is 1.67. The van der Waals surface area contributed by atoms with Crippen LogP contribution in [0.4, 0.5) is 0 Å². The van der Waals surface area contributed by atoms with Crippen molar-refractivity contribution in [1.29, 1.82) is 0 Å². The van der Waals surface area contributed by atoms with Crippen LogP contribution in [0.2, 0.25) is 0 Å². The number of benzene rings is 1. The van der Waals surface area contributed by atoms with Crippen LogP contribution >= 0.6 is 0 Å². The van der Waals surface area contributed by atoms with E-state index in [4.69, 9.17) is 4.55 Å². The van der Waals surface area contributed by atoms with E-state index < -0.39 is 10.1 Å². The third-order valence-electron chi connectivity index (χ3n) is 3.21. The number of nitrogens with one attached hydrogen (secondary N) is 1. The van der Waals surface area contributed by atoms with Gasteiger partial charge in [-0.25, -0.2) is 4.98 Å². The highest BCUT2D eigenvalue weighted by Crippen LogP contribution is 2.28. The zero-order valence-electron chi connectivity index (χ0n) is 11.8. The minimum atomic E-state index is -4.16. The predicted octanol–water partition coefficient (Wildman–Crippen LogP) is 2.23. The summed E-state index contributed by atoms with van der Waals surface area (Å²) < 4.78 is 33.3. The van der Waals surface area contributed by atoms with Gasteiger partial charge in [0.1, 0.15) is 4.90 Å². The van der Waals surface area contributed by atoms with Gasteiger partial charge >= 0.3 is 0 Å². The first-order valence-electron chi connectivity index (χ1n) is 6.35. The zero-order chi connectivity index (χ0) is 15.5. The van der Waals surface area contributed by atoms with Crippen LogP contribution in [0.1, 0.15) is 5.69 Å². The molecule has 1 aromatic carbocycles. The van der Waals surface area contributed by atoms with Crippen molar-refractivity contribution >= 4 is 21.0 Å². The molecule has 6 heteroatoms. The number of hydrogen-bond donors (Lipinski definition) is 1. The summed E-state index contributed by atoms with van der Waals surface area (Å²) >= 11 is 0. The Bertz CT molecular complexity index is 813. The Morgan fingerprint density at radius 1 is 1.05 bits per heavy atom. The van der Waals surface area contributed by atoms with Gasteiger partial charge in [-0.15, -0.1) is 0 Å². The van der Waals surface area contributed by atoms with Gasteiger partial charge in [-0.1, -0.05) is 24.3 Å². The SMILES string of the molecule is Cc1c(S(=O)(=O)O)c2ccccc2n1C.c1cc[nH+]cc1. The predicted molar refractivity (Wildman–Crippen MR) is 80.5 cm³/mol. The van der Waals surface area contributed by atoms with Gasteiger partial charge < -0.3 is 4.57 Å². The largest absolute Gasteiger partial charge is 0.347 e. The number of aromatic amines is 1. The van der Waals surface area contributed by atoms with E-state index in [9.17, 15) is 8.42 Å². The number of nitrogens with zero attached hydrogens (tertiary/aromatic N) is 1.